The van der Waals surface area contributed by atoms with Gasteiger partial charge >= 0.3 is 12.1 Å². The van der Waals surface area contributed by atoms with Crippen LogP contribution in [0.15, 0.2) is 48.5 Å². The number of Topliss-reactive ketones (excluding diaryl/α,β-unsaturated/α-hetero) is 1. The van der Waals surface area contributed by atoms with Crippen molar-refractivity contribution < 1.29 is 29.0 Å². The van der Waals surface area contributed by atoms with Gasteiger partial charge in [0.05, 0.1) is 0 Å². The summed E-state index contributed by atoms with van der Waals surface area (Å²) < 4.78 is 5.45. The zero-order valence-corrected chi connectivity index (χ0v) is 17.6. The van der Waals surface area contributed by atoms with Crippen LogP contribution < -0.4 is 5.32 Å². The Morgan fingerprint density at radius 2 is 1.66 bits per heavy atom. The second-order valence-corrected chi connectivity index (χ2v) is 8.05. The van der Waals surface area contributed by atoms with Gasteiger partial charge in [-0.1, -0.05) is 48.5 Å². The maximum Gasteiger partial charge on any atom is 0.407 e. The molecule has 32 heavy (non-hydrogen) atoms. The lowest BCUT2D eigenvalue weighted by molar-refractivity contribution is -0.153. The number of carbonyl (C=O) groups is 4. The molecule has 2 N–H and O–H groups in total. The normalized spacial score (nSPS) is 17.9. The van der Waals surface area contributed by atoms with Gasteiger partial charge in [0.2, 0.25) is 5.91 Å². The molecule has 8 heteroatoms. The lowest BCUT2D eigenvalue weighted by Crippen LogP contribution is -2.51. The van der Waals surface area contributed by atoms with Crippen molar-refractivity contribution in [3.8, 4) is 11.1 Å². The molecule has 0 bridgehead atoms. The first-order valence-corrected chi connectivity index (χ1v) is 10.6. The van der Waals surface area contributed by atoms with Gasteiger partial charge in [0.15, 0.2) is 0 Å². The fourth-order valence-electron chi connectivity index (χ4n) is 4.57. The number of likely N-dealkylation sites (tertiary alicyclic amines) is 1. The van der Waals surface area contributed by atoms with Gasteiger partial charge in [0.1, 0.15) is 18.7 Å². The van der Waals surface area contributed by atoms with Crippen LogP contribution in [-0.4, -0.2) is 59.0 Å². The van der Waals surface area contributed by atoms with E-state index in [0.29, 0.717) is 12.8 Å². The van der Waals surface area contributed by atoms with Crippen LogP contribution in [0.3, 0.4) is 0 Å². The third-order valence-corrected chi connectivity index (χ3v) is 6.10. The summed E-state index contributed by atoms with van der Waals surface area (Å²) in [4.78, 5) is 49.2. The average molecular weight is 436 g/mol. The van der Waals surface area contributed by atoms with Crippen molar-refractivity contribution in [3.63, 3.8) is 0 Å². The molecule has 2 aromatic carbocycles. The van der Waals surface area contributed by atoms with E-state index in [0.717, 1.165) is 22.3 Å². The zero-order chi connectivity index (χ0) is 22.8. The number of fused-ring (bicyclic) bond motifs is 3. The molecule has 1 saturated heterocycles. The van der Waals surface area contributed by atoms with E-state index in [4.69, 9.17) is 9.84 Å². The molecule has 0 radical (unpaired) electrons. The van der Waals surface area contributed by atoms with Crippen LogP contribution >= 0.6 is 0 Å². The lowest BCUT2D eigenvalue weighted by Gasteiger charge is -2.26. The monoisotopic (exact) mass is 436 g/mol. The number of rotatable bonds is 6. The number of alkyl carbamates (subject to hydrolysis) is 1. The number of carboxylic acids is 1. The van der Waals surface area contributed by atoms with Crippen LogP contribution in [0, 0.1) is 0 Å². The van der Waals surface area contributed by atoms with Gasteiger partial charge in [-0.25, -0.2) is 9.59 Å². The predicted octanol–water partition coefficient (Wildman–Crippen LogP) is 2.56. The van der Waals surface area contributed by atoms with Crippen molar-refractivity contribution >= 4 is 23.8 Å². The molecule has 1 fully saturated rings. The number of ketones is 1. The highest BCUT2D eigenvalue weighted by Gasteiger charge is 2.39. The standard InChI is InChI=1S/C24H24N2O6/c1-14(22(28)26-12-6-11-20(26)21(27)23(29)30)25-24(31)32-13-19-17-9-4-2-7-15(17)16-8-3-5-10-18(16)19/h2-5,7-10,14,19-20H,6,11-13H2,1H3,(H,25,31)(H,29,30). The quantitative estimate of drug-likeness (QED) is 0.673. The van der Waals surface area contributed by atoms with Crippen LogP contribution in [0.4, 0.5) is 4.79 Å². The second-order valence-electron chi connectivity index (χ2n) is 8.05. The molecule has 2 unspecified atom stereocenters. The molecule has 0 spiro atoms. The summed E-state index contributed by atoms with van der Waals surface area (Å²) in [6.07, 6.45) is 0.0924. The maximum atomic E-state index is 12.7. The SMILES string of the molecule is CC(NC(=O)OCC1c2ccccc2-c2ccccc21)C(=O)N1CCCC1C(=O)C(=O)O. The van der Waals surface area contributed by atoms with Gasteiger partial charge in [0, 0.05) is 12.5 Å². The van der Waals surface area contributed by atoms with Crippen molar-refractivity contribution in [2.24, 2.45) is 0 Å². The molecular weight excluding hydrogens is 412 g/mol. The Labute approximate surface area is 185 Å². The van der Waals surface area contributed by atoms with Gasteiger partial charge in [-0.3, -0.25) is 9.59 Å². The largest absolute Gasteiger partial charge is 0.475 e. The van der Waals surface area contributed by atoms with E-state index in [-0.39, 0.29) is 19.1 Å². The van der Waals surface area contributed by atoms with Crippen LogP contribution in [-0.2, 0) is 19.1 Å². The Kier molecular flexibility index (Phi) is 5.94. The summed E-state index contributed by atoms with van der Waals surface area (Å²) in [6.45, 7) is 1.88. The third kappa shape index (κ3) is 3.95. The van der Waals surface area contributed by atoms with E-state index >= 15 is 0 Å². The Morgan fingerprint density at radius 3 is 2.25 bits per heavy atom. The minimum Gasteiger partial charge on any atom is -0.475 e. The summed E-state index contributed by atoms with van der Waals surface area (Å²) >= 11 is 0. The Bertz CT molecular complexity index is 1040. The van der Waals surface area contributed by atoms with Gasteiger partial charge in [0.25, 0.3) is 5.78 Å². The van der Waals surface area contributed by atoms with Gasteiger partial charge < -0.3 is 20.1 Å². The predicted molar refractivity (Wildman–Crippen MR) is 115 cm³/mol. The second kappa shape index (κ2) is 8.82. The van der Waals surface area contributed by atoms with Crippen molar-refractivity contribution in [1.29, 1.82) is 0 Å². The number of ether oxygens (including phenoxy) is 1. The summed E-state index contributed by atoms with van der Waals surface area (Å²) in [5.74, 6) is -3.18. The number of carboxylic acid groups (broad SMARTS) is 1. The van der Waals surface area contributed by atoms with E-state index in [1.54, 1.807) is 0 Å². The first-order chi connectivity index (χ1) is 15.4. The van der Waals surface area contributed by atoms with E-state index in [9.17, 15) is 19.2 Å². The van der Waals surface area contributed by atoms with E-state index in [2.05, 4.69) is 5.32 Å². The van der Waals surface area contributed by atoms with E-state index in [1.165, 1.54) is 11.8 Å². The molecular formula is C24H24N2O6. The number of carbonyl (C=O) groups excluding carboxylic acids is 3. The Morgan fingerprint density at radius 1 is 1.06 bits per heavy atom. The van der Waals surface area contributed by atoms with Crippen LogP contribution in [0.1, 0.15) is 36.8 Å². The minimum absolute atomic E-state index is 0.102. The summed E-state index contributed by atoms with van der Waals surface area (Å²) in [5, 5.41) is 11.5. The molecule has 2 aromatic rings. The number of nitrogens with zero attached hydrogens (tertiary/aromatic N) is 1. The first kappa shape index (κ1) is 21.5. The topological polar surface area (TPSA) is 113 Å². The maximum absolute atomic E-state index is 12.7. The van der Waals surface area contributed by atoms with Crippen molar-refractivity contribution in [1.82, 2.24) is 10.2 Å². The first-order valence-electron chi connectivity index (χ1n) is 10.6. The molecule has 1 aliphatic carbocycles. The number of hydrogen-bond acceptors (Lipinski definition) is 5. The minimum atomic E-state index is -1.56. The van der Waals surface area contributed by atoms with Gasteiger partial charge in [-0.05, 0) is 42.0 Å². The van der Waals surface area contributed by atoms with Gasteiger partial charge in [-0.15, -0.1) is 0 Å². The average Bonchev–Trinajstić information content (AvgIpc) is 3.40. The molecule has 2 aliphatic rings. The summed E-state index contributed by atoms with van der Waals surface area (Å²) in [5.41, 5.74) is 4.39. The Hall–Kier alpha value is -3.68. The van der Waals surface area contributed by atoms with Crippen LogP contribution in [0.25, 0.3) is 11.1 Å². The molecule has 2 atom stereocenters. The fourth-order valence-corrected chi connectivity index (χ4v) is 4.57. The Balaban J connectivity index is 1.38. The fraction of sp³-hybridized carbons (Fsp3) is 0.333. The highest BCUT2D eigenvalue weighted by Crippen LogP contribution is 2.44. The molecule has 0 saturated carbocycles. The van der Waals surface area contributed by atoms with Crippen molar-refractivity contribution in [2.75, 3.05) is 13.2 Å². The highest BCUT2D eigenvalue weighted by atomic mass is 16.5. The number of aliphatic carboxylic acids is 1. The van der Waals surface area contributed by atoms with Gasteiger partial charge in [-0.2, -0.15) is 0 Å². The number of amides is 2. The molecule has 4 rings (SSSR count). The van der Waals surface area contributed by atoms with Crippen molar-refractivity contribution in [2.45, 2.75) is 37.8 Å². The van der Waals surface area contributed by atoms with Crippen LogP contribution in [0.5, 0.6) is 0 Å². The number of hydrogen-bond donors (Lipinski definition) is 2. The highest BCUT2D eigenvalue weighted by molar-refractivity contribution is 6.35. The third-order valence-electron chi connectivity index (χ3n) is 6.10. The van der Waals surface area contributed by atoms with E-state index < -0.39 is 35.8 Å². The molecule has 8 nitrogen and oxygen atoms in total. The molecule has 1 heterocycles. The number of benzene rings is 2. The molecule has 0 aromatic heterocycles. The smallest absolute Gasteiger partial charge is 0.407 e. The summed E-state index contributed by atoms with van der Waals surface area (Å²) in [6, 6.07) is 14.0. The van der Waals surface area contributed by atoms with Crippen molar-refractivity contribution in [3.05, 3.63) is 59.7 Å². The molecule has 166 valence electrons. The molecule has 2 amide bonds. The number of nitrogens with one attached hydrogen (secondary N) is 1. The van der Waals surface area contributed by atoms with E-state index in [1.807, 2.05) is 48.5 Å². The summed E-state index contributed by atoms with van der Waals surface area (Å²) in [7, 11) is 0. The lowest BCUT2D eigenvalue weighted by atomic mass is 9.98. The zero-order valence-electron chi connectivity index (χ0n) is 17.6. The molecule has 1 aliphatic heterocycles. The van der Waals surface area contributed by atoms with Crippen LogP contribution in [0.2, 0.25) is 0 Å².